The molecule has 2 heterocycles. The summed E-state index contributed by atoms with van der Waals surface area (Å²) in [6.45, 7) is 2.09. The van der Waals surface area contributed by atoms with Crippen molar-refractivity contribution in [2.45, 2.75) is 6.92 Å². The Bertz CT molecular complexity index is 1120. The molecule has 0 aliphatic carbocycles. The minimum absolute atomic E-state index is 0.948. The van der Waals surface area contributed by atoms with E-state index in [1.165, 1.54) is 21.7 Å². The van der Waals surface area contributed by atoms with E-state index in [0.29, 0.717) is 0 Å². The molecule has 0 fully saturated rings. The molecule has 0 aliphatic rings. The molecule has 22 heavy (non-hydrogen) atoms. The van der Waals surface area contributed by atoms with Gasteiger partial charge in [-0.3, -0.25) is 0 Å². The van der Waals surface area contributed by atoms with Crippen molar-refractivity contribution in [2.75, 3.05) is 0 Å². The second-order valence-corrected chi connectivity index (χ2v) is 5.75. The van der Waals surface area contributed by atoms with E-state index in [4.69, 9.17) is 0 Å². The Labute approximate surface area is 127 Å². The topological polar surface area (TPSA) is 30.2 Å². The van der Waals surface area contributed by atoms with Gasteiger partial charge in [-0.1, -0.05) is 65.4 Å². The van der Waals surface area contributed by atoms with Gasteiger partial charge in [0.25, 0.3) is 0 Å². The Balaban J connectivity index is 1.97. The highest BCUT2D eigenvalue weighted by molar-refractivity contribution is 6.18. The summed E-state index contributed by atoms with van der Waals surface area (Å²) >= 11 is 0. The zero-order valence-electron chi connectivity index (χ0n) is 12.1. The summed E-state index contributed by atoms with van der Waals surface area (Å²) in [5.74, 6) is 0. The maximum absolute atomic E-state index is 4.44. The van der Waals surface area contributed by atoms with Gasteiger partial charge in [0.1, 0.15) is 11.2 Å². The van der Waals surface area contributed by atoms with Gasteiger partial charge in [0.05, 0.1) is 5.52 Å². The van der Waals surface area contributed by atoms with Crippen molar-refractivity contribution in [2.24, 2.45) is 0 Å². The van der Waals surface area contributed by atoms with E-state index >= 15 is 0 Å². The number of benzene rings is 3. The molecule has 5 aromatic rings. The molecule has 3 nitrogen and oxygen atoms in total. The van der Waals surface area contributed by atoms with Crippen molar-refractivity contribution in [3.05, 3.63) is 66.2 Å². The van der Waals surface area contributed by atoms with Crippen molar-refractivity contribution < 1.29 is 0 Å². The maximum atomic E-state index is 4.44. The molecule has 3 heteroatoms. The fourth-order valence-electron chi connectivity index (χ4n) is 3.29. The first-order chi connectivity index (χ1) is 10.8. The average Bonchev–Trinajstić information content (AvgIpc) is 3.11. The number of rotatable bonds is 1. The van der Waals surface area contributed by atoms with Crippen LogP contribution < -0.4 is 0 Å². The zero-order chi connectivity index (χ0) is 14.7. The molecule has 104 valence electrons. The molecule has 0 unspecified atom stereocenters. The lowest BCUT2D eigenvalue weighted by molar-refractivity contribution is 0.888. The summed E-state index contributed by atoms with van der Waals surface area (Å²) in [6, 6.07) is 21.2. The maximum Gasteiger partial charge on any atom is 0.121 e. The fourth-order valence-corrected chi connectivity index (χ4v) is 3.29. The van der Waals surface area contributed by atoms with Crippen LogP contribution >= 0.6 is 0 Å². The van der Waals surface area contributed by atoms with Gasteiger partial charge in [0.2, 0.25) is 0 Å². The summed E-state index contributed by atoms with van der Waals surface area (Å²) < 4.78 is 1.97. The smallest absolute Gasteiger partial charge is 0.121 e. The van der Waals surface area contributed by atoms with Gasteiger partial charge in [-0.25, -0.2) is 4.52 Å². The summed E-state index contributed by atoms with van der Waals surface area (Å²) in [5.41, 5.74) is 5.52. The van der Waals surface area contributed by atoms with Crippen LogP contribution in [0.4, 0.5) is 0 Å². The molecule has 0 bridgehead atoms. The number of nitrogens with zero attached hydrogens (tertiary/aromatic N) is 3. The zero-order valence-corrected chi connectivity index (χ0v) is 12.1. The Morgan fingerprint density at radius 2 is 1.64 bits per heavy atom. The Morgan fingerprint density at radius 3 is 2.45 bits per heavy atom. The molecular formula is C19H13N3. The monoisotopic (exact) mass is 283 g/mol. The highest BCUT2D eigenvalue weighted by atomic mass is 15.4. The predicted octanol–water partition coefficient (Wildman–Crippen LogP) is 4.45. The summed E-state index contributed by atoms with van der Waals surface area (Å²) in [7, 11) is 0. The van der Waals surface area contributed by atoms with Crippen molar-refractivity contribution in [3.63, 3.8) is 0 Å². The van der Waals surface area contributed by atoms with Gasteiger partial charge < -0.3 is 0 Å². The molecule has 0 amide bonds. The predicted molar refractivity (Wildman–Crippen MR) is 89.4 cm³/mol. The van der Waals surface area contributed by atoms with Crippen molar-refractivity contribution in [3.8, 4) is 11.3 Å². The Morgan fingerprint density at radius 1 is 0.864 bits per heavy atom. The number of aryl methyl sites for hydroxylation is 1. The first-order valence-electron chi connectivity index (χ1n) is 7.38. The van der Waals surface area contributed by atoms with Crippen LogP contribution in [0.25, 0.3) is 38.4 Å². The first kappa shape index (κ1) is 11.7. The highest BCUT2D eigenvalue weighted by Crippen LogP contribution is 2.36. The molecule has 3 aromatic carbocycles. The second kappa shape index (κ2) is 4.04. The van der Waals surface area contributed by atoms with Crippen LogP contribution in [-0.4, -0.2) is 14.8 Å². The third kappa shape index (κ3) is 1.40. The second-order valence-electron chi connectivity index (χ2n) is 5.75. The molecule has 0 saturated carbocycles. The lowest BCUT2D eigenvalue weighted by Gasteiger charge is -1.99. The lowest BCUT2D eigenvalue weighted by Crippen LogP contribution is -1.82. The molecule has 0 spiro atoms. The minimum Gasteiger partial charge on any atom is -0.212 e. The molecule has 0 aliphatic heterocycles. The quantitative estimate of drug-likeness (QED) is 0.455. The van der Waals surface area contributed by atoms with Gasteiger partial charge in [-0.15, -0.1) is 5.10 Å². The molecule has 0 saturated heterocycles. The number of aromatic nitrogens is 3. The van der Waals surface area contributed by atoms with Crippen LogP contribution in [0.3, 0.4) is 0 Å². The molecule has 0 radical (unpaired) electrons. The lowest BCUT2D eigenvalue weighted by atomic mass is 10.0. The summed E-state index contributed by atoms with van der Waals surface area (Å²) in [6.07, 6.45) is 0. The van der Waals surface area contributed by atoms with Crippen LogP contribution in [0.15, 0.2) is 60.7 Å². The van der Waals surface area contributed by atoms with Gasteiger partial charge in [-0.05, 0) is 18.4 Å². The number of fused-ring (bicyclic) bond motifs is 3. The number of hydrogen-bond donors (Lipinski definition) is 0. The van der Waals surface area contributed by atoms with E-state index < -0.39 is 0 Å². The van der Waals surface area contributed by atoms with Crippen molar-refractivity contribution >= 4 is 27.2 Å². The van der Waals surface area contributed by atoms with Gasteiger partial charge in [0, 0.05) is 16.3 Å². The summed E-state index contributed by atoms with van der Waals surface area (Å²) in [5, 5.41) is 12.6. The normalized spacial score (nSPS) is 11.9. The van der Waals surface area contributed by atoms with Crippen molar-refractivity contribution in [1.82, 2.24) is 14.8 Å². The molecular weight excluding hydrogens is 270 g/mol. The Kier molecular flexibility index (Phi) is 2.15. The summed E-state index contributed by atoms with van der Waals surface area (Å²) in [4.78, 5) is 0. The standard InChI is InChI=1S/C19H13N3/c1-12-8-10-14(11-9-12)18-19-15-6-2-4-13-5-3-7-16(17(13)15)22(19)21-20-18/h2-11H,1H3. The largest absolute Gasteiger partial charge is 0.212 e. The van der Waals surface area contributed by atoms with Gasteiger partial charge in [-0.2, -0.15) is 0 Å². The van der Waals surface area contributed by atoms with Crippen LogP contribution in [0.5, 0.6) is 0 Å². The molecule has 0 N–H and O–H groups in total. The van der Waals surface area contributed by atoms with E-state index in [1.807, 2.05) is 4.52 Å². The van der Waals surface area contributed by atoms with Crippen LogP contribution in [0, 0.1) is 6.92 Å². The highest BCUT2D eigenvalue weighted by Gasteiger charge is 2.17. The number of hydrogen-bond acceptors (Lipinski definition) is 2. The van der Waals surface area contributed by atoms with E-state index in [1.54, 1.807) is 0 Å². The van der Waals surface area contributed by atoms with Gasteiger partial charge >= 0.3 is 0 Å². The van der Waals surface area contributed by atoms with Gasteiger partial charge in [0.15, 0.2) is 0 Å². The van der Waals surface area contributed by atoms with Crippen molar-refractivity contribution in [1.29, 1.82) is 0 Å². The SMILES string of the molecule is Cc1ccc(-c2nnn3c4cccc5cccc(c54)c23)cc1. The Hall–Kier alpha value is -2.94. The van der Waals surface area contributed by atoms with E-state index in [0.717, 1.165) is 22.3 Å². The molecule has 2 aromatic heterocycles. The molecule has 5 rings (SSSR count). The third-order valence-electron chi connectivity index (χ3n) is 4.36. The average molecular weight is 283 g/mol. The fraction of sp³-hybridized carbons (Fsp3) is 0.0526. The third-order valence-corrected chi connectivity index (χ3v) is 4.36. The minimum atomic E-state index is 0.948. The van der Waals surface area contributed by atoms with Crippen LogP contribution in [0.1, 0.15) is 5.56 Å². The van der Waals surface area contributed by atoms with E-state index in [-0.39, 0.29) is 0 Å². The molecule has 0 atom stereocenters. The van der Waals surface area contributed by atoms with Crippen LogP contribution in [-0.2, 0) is 0 Å². The van der Waals surface area contributed by atoms with Crippen LogP contribution in [0.2, 0.25) is 0 Å². The van der Waals surface area contributed by atoms with E-state index in [9.17, 15) is 0 Å². The first-order valence-corrected chi connectivity index (χ1v) is 7.38. The van der Waals surface area contributed by atoms with E-state index in [2.05, 4.69) is 77.9 Å².